The van der Waals surface area contributed by atoms with Gasteiger partial charge in [0.05, 0.1) is 12.4 Å². The van der Waals surface area contributed by atoms with Crippen molar-refractivity contribution in [2.24, 2.45) is 0 Å². The van der Waals surface area contributed by atoms with Gasteiger partial charge in [-0.3, -0.25) is 4.79 Å². The highest BCUT2D eigenvalue weighted by Crippen LogP contribution is 1.99. The van der Waals surface area contributed by atoms with Crippen molar-refractivity contribution in [3.8, 4) is 6.07 Å². The highest BCUT2D eigenvalue weighted by Gasteiger charge is 1.99. The molecule has 0 aliphatic carbocycles. The van der Waals surface area contributed by atoms with Gasteiger partial charge in [0.15, 0.2) is 5.65 Å². The second-order valence-electron chi connectivity index (χ2n) is 2.29. The van der Waals surface area contributed by atoms with Crippen molar-refractivity contribution in [2.45, 2.75) is 0 Å². The van der Waals surface area contributed by atoms with Gasteiger partial charge in [-0.15, -0.1) is 0 Å². The van der Waals surface area contributed by atoms with Crippen molar-refractivity contribution >= 4 is 11.2 Å². The predicted molar refractivity (Wildman–Crippen MR) is 42.7 cm³/mol. The second-order valence-corrected chi connectivity index (χ2v) is 2.29. The van der Waals surface area contributed by atoms with Crippen LogP contribution in [0.3, 0.4) is 0 Å². The number of aromatic nitrogens is 4. The number of hydrogen-bond donors (Lipinski definition) is 1. The second kappa shape index (κ2) is 2.64. The lowest BCUT2D eigenvalue weighted by Gasteiger charge is -1.93. The van der Waals surface area contributed by atoms with Crippen molar-refractivity contribution < 1.29 is 0 Å². The van der Waals surface area contributed by atoms with Gasteiger partial charge in [0.25, 0.3) is 5.56 Å². The Morgan fingerprint density at radius 3 is 3.00 bits per heavy atom. The molecule has 2 heterocycles. The van der Waals surface area contributed by atoms with Crippen molar-refractivity contribution in [3.05, 3.63) is 28.6 Å². The molecule has 2 aromatic heterocycles. The van der Waals surface area contributed by atoms with E-state index in [1.807, 2.05) is 0 Å². The van der Waals surface area contributed by atoms with Crippen LogP contribution in [0.15, 0.2) is 17.2 Å². The smallest absolute Gasteiger partial charge is 0.268 e. The normalized spacial score (nSPS) is 9.77. The van der Waals surface area contributed by atoms with Gasteiger partial charge >= 0.3 is 0 Å². The van der Waals surface area contributed by atoms with E-state index in [1.54, 1.807) is 6.07 Å². The maximum Gasteiger partial charge on any atom is 0.268 e. The van der Waals surface area contributed by atoms with Crippen LogP contribution in [-0.4, -0.2) is 19.9 Å². The molecule has 0 aliphatic heterocycles. The van der Waals surface area contributed by atoms with Gasteiger partial charge in [-0.25, -0.2) is 9.97 Å². The highest BCUT2D eigenvalue weighted by atomic mass is 16.1. The van der Waals surface area contributed by atoms with E-state index in [0.29, 0.717) is 5.52 Å². The number of H-pyrrole nitrogens is 1. The summed E-state index contributed by atoms with van der Waals surface area (Å²) in [5.41, 5.74) is 0.382. The molecule has 2 rings (SSSR count). The zero-order chi connectivity index (χ0) is 9.26. The number of rotatable bonds is 0. The Morgan fingerprint density at radius 2 is 2.23 bits per heavy atom. The third kappa shape index (κ3) is 1.22. The van der Waals surface area contributed by atoms with Gasteiger partial charge in [-0.1, -0.05) is 0 Å². The third-order valence-electron chi connectivity index (χ3n) is 1.43. The first-order chi connectivity index (χ1) is 6.29. The first-order valence-electron chi connectivity index (χ1n) is 3.42. The Bertz CT molecular complexity index is 553. The number of nitrogens with zero attached hydrogens (tertiary/aromatic N) is 4. The summed E-state index contributed by atoms with van der Waals surface area (Å²) in [6, 6.07) is 1.77. The van der Waals surface area contributed by atoms with Crippen molar-refractivity contribution in [2.75, 3.05) is 0 Å². The minimum Gasteiger partial charge on any atom is -0.304 e. The van der Waals surface area contributed by atoms with Crippen molar-refractivity contribution in [1.29, 1.82) is 5.26 Å². The summed E-state index contributed by atoms with van der Waals surface area (Å²) < 4.78 is 0. The minimum absolute atomic E-state index is 0.0103. The molecule has 0 saturated heterocycles. The van der Waals surface area contributed by atoms with Gasteiger partial charge in [0, 0.05) is 0 Å². The fourth-order valence-electron chi connectivity index (χ4n) is 0.893. The number of nitrogens with one attached hydrogen (secondary N) is 1. The molecular weight excluding hydrogens is 170 g/mol. The molecule has 0 atom stereocenters. The SMILES string of the molecule is N#Cc1ncc2ncc(=O)[nH]c2n1. The summed E-state index contributed by atoms with van der Waals surface area (Å²) in [7, 11) is 0. The number of hydrogen-bond acceptors (Lipinski definition) is 5. The molecule has 0 radical (unpaired) electrons. The average Bonchev–Trinajstić information content (AvgIpc) is 2.16. The average molecular weight is 173 g/mol. The van der Waals surface area contributed by atoms with E-state index in [-0.39, 0.29) is 17.0 Å². The lowest BCUT2D eigenvalue weighted by atomic mass is 10.5. The maximum absolute atomic E-state index is 10.8. The van der Waals surface area contributed by atoms with Gasteiger partial charge in [-0.05, 0) is 0 Å². The van der Waals surface area contributed by atoms with E-state index >= 15 is 0 Å². The third-order valence-corrected chi connectivity index (χ3v) is 1.43. The largest absolute Gasteiger partial charge is 0.304 e. The monoisotopic (exact) mass is 173 g/mol. The maximum atomic E-state index is 10.8. The quantitative estimate of drug-likeness (QED) is 0.584. The van der Waals surface area contributed by atoms with E-state index in [0.717, 1.165) is 6.20 Å². The fourth-order valence-corrected chi connectivity index (χ4v) is 0.893. The Balaban J connectivity index is 2.84. The zero-order valence-electron chi connectivity index (χ0n) is 6.35. The van der Waals surface area contributed by atoms with Gasteiger partial charge in [-0.2, -0.15) is 10.2 Å². The van der Waals surface area contributed by atoms with Crippen LogP contribution >= 0.6 is 0 Å². The van der Waals surface area contributed by atoms with E-state index in [4.69, 9.17) is 5.26 Å². The Kier molecular flexibility index (Phi) is 1.49. The van der Waals surface area contributed by atoms with Crippen LogP contribution in [0.4, 0.5) is 0 Å². The molecule has 0 fully saturated rings. The Morgan fingerprint density at radius 1 is 1.38 bits per heavy atom. The Labute approximate surface area is 71.9 Å². The molecule has 0 unspecified atom stereocenters. The summed E-state index contributed by atoms with van der Waals surface area (Å²) in [6.45, 7) is 0. The van der Waals surface area contributed by atoms with Crippen LogP contribution < -0.4 is 5.56 Å². The highest BCUT2D eigenvalue weighted by molar-refractivity contribution is 5.67. The van der Waals surface area contributed by atoms with Crippen molar-refractivity contribution in [1.82, 2.24) is 19.9 Å². The molecular formula is C7H3N5O. The van der Waals surface area contributed by atoms with E-state index < -0.39 is 0 Å². The van der Waals surface area contributed by atoms with Crippen LogP contribution in [0, 0.1) is 11.3 Å². The van der Waals surface area contributed by atoms with Gasteiger partial charge in [0.2, 0.25) is 5.82 Å². The summed E-state index contributed by atoms with van der Waals surface area (Å²) >= 11 is 0. The molecule has 6 heteroatoms. The lowest BCUT2D eigenvalue weighted by Crippen LogP contribution is -2.07. The van der Waals surface area contributed by atoms with E-state index in [1.165, 1.54) is 6.20 Å². The molecule has 1 N–H and O–H groups in total. The molecule has 0 aromatic carbocycles. The van der Waals surface area contributed by atoms with E-state index in [9.17, 15) is 4.79 Å². The molecule has 13 heavy (non-hydrogen) atoms. The zero-order valence-corrected chi connectivity index (χ0v) is 6.35. The first-order valence-corrected chi connectivity index (χ1v) is 3.42. The molecule has 6 nitrogen and oxygen atoms in total. The standard InChI is InChI=1S/C7H3N5O/c8-1-5-10-2-4-7(11-5)12-6(13)3-9-4/h2-3H,(H,10,11,12,13). The number of fused-ring (bicyclic) bond motifs is 1. The van der Waals surface area contributed by atoms with Gasteiger partial charge in [0.1, 0.15) is 11.6 Å². The molecule has 0 aliphatic rings. The fraction of sp³-hybridized carbons (Fsp3) is 0. The van der Waals surface area contributed by atoms with Crippen LogP contribution in [0.25, 0.3) is 11.2 Å². The molecule has 0 saturated carbocycles. The molecule has 62 valence electrons. The van der Waals surface area contributed by atoms with E-state index in [2.05, 4.69) is 19.9 Å². The first kappa shape index (κ1) is 7.36. The van der Waals surface area contributed by atoms with Crippen LogP contribution in [0.1, 0.15) is 5.82 Å². The summed E-state index contributed by atoms with van der Waals surface area (Å²) in [5, 5.41) is 8.48. The molecule has 0 spiro atoms. The van der Waals surface area contributed by atoms with Crippen LogP contribution in [0.5, 0.6) is 0 Å². The topological polar surface area (TPSA) is 95.3 Å². The lowest BCUT2D eigenvalue weighted by molar-refractivity contribution is 1.09. The number of aromatic amines is 1. The molecule has 0 amide bonds. The van der Waals surface area contributed by atoms with Crippen LogP contribution in [0.2, 0.25) is 0 Å². The minimum atomic E-state index is -0.352. The molecule has 2 aromatic rings. The summed E-state index contributed by atoms with van der Waals surface area (Å²) in [4.78, 5) is 24.5. The molecule has 0 bridgehead atoms. The predicted octanol–water partition coefficient (Wildman–Crippen LogP) is -0.415. The summed E-state index contributed by atoms with van der Waals surface area (Å²) in [6.07, 6.45) is 2.52. The summed E-state index contributed by atoms with van der Waals surface area (Å²) in [5.74, 6) is 0.0103. The Hall–Kier alpha value is -2.29. The van der Waals surface area contributed by atoms with Crippen LogP contribution in [-0.2, 0) is 0 Å². The number of nitriles is 1. The van der Waals surface area contributed by atoms with Gasteiger partial charge < -0.3 is 4.98 Å². The van der Waals surface area contributed by atoms with Crippen molar-refractivity contribution in [3.63, 3.8) is 0 Å².